The first-order chi connectivity index (χ1) is 15.7. The van der Waals surface area contributed by atoms with Crippen molar-refractivity contribution in [2.45, 2.75) is 44.9 Å². The fourth-order valence-corrected chi connectivity index (χ4v) is 5.30. The van der Waals surface area contributed by atoms with Crippen molar-refractivity contribution in [1.29, 1.82) is 0 Å². The Bertz CT molecular complexity index is 1210. The van der Waals surface area contributed by atoms with Crippen molar-refractivity contribution < 1.29 is 4.79 Å². The van der Waals surface area contributed by atoms with Crippen LogP contribution in [0.25, 0.3) is 22.2 Å². The molecule has 1 fully saturated rings. The Hall–Kier alpha value is -2.99. The number of likely N-dealkylation sites (tertiary alicyclic amines) is 1. The first-order valence-electron chi connectivity index (χ1n) is 11.4. The quantitative estimate of drug-likeness (QED) is 0.413. The van der Waals surface area contributed by atoms with E-state index in [0.717, 1.165) is 67.1 Å². The second kappa shape index (κ2) is 9.25. The Morgan fingerprint density at radius 1 is 1.19 bits per heavy atom. The van der Waals surface area contributed by atoms with E-state index < -0.39 is 0 Å². The molecule has 1 amide bonds. The van der Waals surface area contributed by atoms with Gasteiger partial charge in [-0.3, -0.25) is 4.79 Å². The SMILES string of the molecule is Cc1cc(-c2ccsc2)nc(C2CCN(C(=O)CCCc3c[nH]c4ccccc34)CC2)n1. The van der Waals surface area contributed by atoms with E-state index in [1.165, 1.54) is 10.9 Å². The van der Waals surface area contributed by atoms with Gasteiger partial charge in [-0.25, -0.2) is 9.97 Å². The highest BCUT2D eigenvalue weighted by molar-refractivity contribution is 7.08. The minimum Gasteiger partial charge on any atom is -0.361 e. The Morgan fingerprint density at radius 2 is 2.03 bits per heavy atom. The van der Waals surface area contributed by atoms with Crippen molar-refractivity contribution in [3.63, 3.8) is 0 Å². The highest BCUT2D eigenvalue weighted by atomic mass is 32.1. The molecule has 1 saturated heterocycles. The molecule has 4 heterocycles. The van der Waals surface area contributed by atoms with Crippen molar-refractivity contribution in [2.24, 2.45) is 0 Å². The van der Waals surface area contributed by atoms with Crippen molar-refractivity contribution >= 4 is 28.1 Å². The van der Waals surface area contributed by atoms with Crippen LogP contribution in [0.1, 0.15) is 48.7 Å². The second-order valence-corrected chi connectivity index (χ2v) is 9.41. The van der Waals surface area contributed by atoms with Gasteiger partial charge in [0.15, 0.2) is 0 Å². The lowest BCUT2D eigenvalue weighted by Crippen LogP contribution is -2.38. The normalized spacial score (nSPS) is 14.8. The van der Waals surface area contributed by atoms with Gasteiger partial charge in [0.2, 0.25) is 5.91 Å². The van der Waals surface area contributed by atoms with Crippen LogP contribution < -0.4 is 0 Å². The fraction of sp³-hybridized carbons (Fsp3) is 0.346. The topological polar surface area (TPSA) is 61.9 Å². The summed E-state index contributed by atoms with van der Waals surface area (Å²) in [5.74, 6) is 1.52. The Balaban J connectivity index is 1.15. The summed E-state index contributed by atoms with van der Waals surface area (Å²) in [5.41, 5.74) is 5.63. The third kappa shape index (κ3) is 4.46. The smallest absolute Gasteiger partial charge is 0.222 e. The van der Waals surface area contributed by atoms with Crippen LogP contribution in [-0.4, -0.2) is 38.8 Å². The zero-order valence-corrected chi connectivity index (χ0v) is 19.2. The highest BCUT2D eigenvalue weighted by Gasteiger charge is 2.26. The van der Waals surface area contributed by atoms with Gasteiger partial charge in [0.1, 0.15) is 5.82 Å². The van der Waals surface area contributed by atoms with Crippen LogP contribution in [0, 0.1) is 6.92 Å². The number of nitrogens with one attached hydrogen (secondary N) is 1. The average Bonchev–Trinajstić information content (AvgIpc) is 3.49. The number of carbonyl (C=O) groups excluding carboxylic acids is 1. The van der Waals surface area contributed by atoms with Gasteiger partial charge in [0.05, 0.1) is 5.69 Å². The summed E-state index contributed by atoms with van der Waals surface area (Å²) in [6.45, 7) is 3.62. The third-order valence-electron chi connectivity index (χ3n) is 6.41. The molecule has 1 aromatic carbocycles. The van der Waals surface area contributed by atoms with Crippen LogP contribution in [0.2, 0.25) is 0 Å². The Morgan fingerprint density at radius 3 is 2.84 bits per heavy atom. The number of piperidine rings is 1. The summed E-state index contributed by atoms with van der Waals surface area (Å²) in [7, 11) is 0. The monoisotopic (exact) mass is 444 g/mol. The molecule has 4 aromatic rings. The van der Waals surface area contributed by atoms with Crippen LogP contribution in [-0.2, 0) is 11.2 Å². The maximum atomic E-state index is 12.8. The van der Waals surface area contributed by atoms with Crippen molar-refractivity contribution in [3.05, 3.63) is 70.4 Å². The highest BCUT2D eigenvalue weighted by Crippen LogP contribution is 2.29. The van der Waals surface area contributed by atoms with Gasteiger partial charge in [-0.15, -0.1) is 0 Å². The average molecular weight is 445 g/mol. The lowest BCUT2D eigenvalue weighted by molar-refractivity contribution is -0.132. The number of fused-ring (bicyclic) bond motifs is 1. The zero-order chi connectivity index (χ0) is 21.9. The summed E-state index contributed by atoms with van der Waals surface area (Å²) in [6, 6.07) is 12.5. The molecule has 0 atom stereocenters. The summed E-state index contributed by atoms with van der Waals surface area (Å²) in [4.78, 5) is 27.7. The Kier molecular flexibility index (Phi) is 6.04. The molecule has 0 spiro atoms. The summed E-state index contributed by atoms with van der Waals surface area (Å²) in [5, 5.41) is 5.47. The molecule has 0 bridgehead atoms. The number of carbonyl (C=O) groups is 1. The number of hydrogen-bond donors (Lipinski definition) is 1. The van der Waals surface area contributed by atoms with Gasteiger partial charge in [0.25, 0.3) is 0 Å². The van der Waals surface area contributed by atoms with E-state index in [1.807, 2.05) is 17.9 Å². The number of benzene rings is 1. The number of aromatic amines is 1. The molecule has 0 aliphatic carbocycles. The van der Waals surface area contributed by atoms with Gasteiger partial charge in [-0.1, -0.05) is 18.2 Å². The lowest BCUT2D eigenvalue weighted by Gasteiger charge is -2.31. The molecular weight excluding hydrogens is 416 g/mol. The van der Waals surface area contributed by atoms with Crippen molar-refractivity contribution in [2.75, 3.05) is 13.1 Å². The van der Waals surface area contributed by atoms with Crippen LogP contribution >= 0.6 is 11.3 Å². The minimum atomic E-state index is 0.271. The first-order valence-corrected chi connectivity index (χ1v) is 12.3. The molecule has 0 radical (unpaired) electrons. The molecule has 1 aliphatic heterocycles. The van der Waals surface area contributed by atoms with E-state index >= 15 is 0 Å². The number of hydrogen-bond acceptors (Lipinski definition) is 4. The minimum absolute atomic E-state index is 0.271. The number of para-hydroxylation sites is 1. The fourth-order valence-electron chi connectivity index (χ4n) is 4.65. The Labute approximate surface area is 192 Å². The third-order valence-corrected chi connectivity index (χ3v) is 7.10. The largest absolute Gasteiger partial charge is 0.361 e. The number of aryl methyl sites for hydroxylation is 2. The van der Waals surface area contributed by atoms with E-state index in [1.54, 1.807) is 11.3 Å². The molecular formula is C26H28N4OS. The zero-order valence-electron chi connectivity index (χ0n) is 18.4. The van der Waals surface area contributed by atoms with E-state index in [2.05, 4.69) is 52.3 Å². The van der Waals surface area contributed by atoms with E-state index in [9.17, 15) is 4.79 Å². The maximum Gasteiger partial charge on any atom is 0.222 e. The maximum absolute atomic E-state index is 12.8. The number of rotatable bonds is 6. The number of amides is 1. The summed E-state index contributed by atoms with van der Waals surface area (Å²) >= 11 is 1.68. The number of thiophene rings is 1. The van der Waals surface area contributed by atoms with Crippen molar-refractivity contribution in [1.82, 2.24) is 19.9 Å². The molecule has 164 valence electrons. The van der Waals surface area contributed by atoms with Crippen LogP contribution in [0.3, 0.4) is 0 Å². The van der Waals surface area contributed by atoms with E-state index in [-0.39, 0.29) is 5.91 Å². The predicted octanol–water partition coefficient (Wildman–Crippen LogP) is 5.72. The molecule has 32 heavy (non-hydrogen) atoms. The molecule has 0 unspecified atom stereocenters. The number of H-pyrrole nitrogens is 1. The van der Waals surface area contributed by atoms with Gasteiger partial charge >= 0.3 is 0 Å². The number of nitrogens with zero attached hydrogens (tertiary/aromatic N) is 3. The molecule has 5 rings (SSSR count). The molecule has 1 N–H and O–H groups in total. The molecule has 3 aromatic heterocycles. The van der Waals surface area contributed by atoms with Crippen molar-refractivity contribution in [3.8, 4) is 11.3 Å². The first kappa shape index (κ1) is 20.9. The summed E-state index contributed by atoms with van der Waals surface area (Å²) in [6.07, 6.45) is 6.35. The van der Waals surface area contributed by atoms with Gasteiger partial charge in [0, 0.05) is 59.2 Å². The molecule has 1 aliphatic rings. The predicted molar refractivity (Wildman–Crippen MR) is 130 cm³/mol. The van der Waals surface area contributed by atoms with Crippen LogP contribution in [0.5, 0.6) is 0 Å². The van der Waals surface area contributed by atoms with Gasteiger partial charge < -0.3 is 9.88 Å². The van der Waals surface area contributed by atoms with Gasteiger partial charge in [-0.2, -0.15) is 11.3 Å². The summed E-state index contributed by atoms with van der Waals surface area (Å²) < 4.78 is 0. The standard InChI is InChI=1S/C26H28N4OS/c1-18-15-24(21-11-14-32-17-21)29-26(28-18)19-9-12-30(13-10-19)25(31)8-4-5-20-16-27-23-7-3-2-6-22(20)23/h2-3,6-7,11,14-17,19,27H,4-5,8-10,12-13H2,1H3. The van der Waals surface area contributed by atoms with E-state index in [0.29, 0.717) is 12.3 Å². The van der Waals surface area contributed by atoms with Crippen LogP contribution in [0.15, 0.2) is 53.4 Å². The van der Waals surface area contributed by atoms with Gasteiger partial charge in [-0.05, 0) is 61.7 Å². The molecule has 5 nitrogen and oxygen atoms in total. The number of aromatic nitrogens is 3. The lowest BCUT2D eigenvalue weighted by atomic mass is 9.95. The van der Waals surface area contributed by atoms with E-state index in [4.69, 9.17) is 9.97 Å². The molecule has 6 heteroatoms. The van der Waals surface area contributed by atoms with Crippen LogP contribution in [0.4, 0.5) is 0 Å². The second-order valence-electron chi connectivity index (χ2n) is 8.63. The molecule has 0 saturated carbocycles.